The van der Waals surface area contributed by atoms with E-state index in [-0.39, 0.29) is 11.9 Å². The molecule has 0 bridgehead atoms. The maximum Gasteiger partial charge on any atom is 0.128 e. The molecule has 3 heteroatoms. The molecule has 0 aliphatic carbocycles. The molecule has 0 fully saturated rings. The lowest BCUT2D eigenvalue weighted by Gasteiger charge is -2.31. The Bertz CT molecular complexity index is 419. The van der Waals surface area contributed by atoms with Crippen LogP contribution in [0.5, 0.6) is 0 Å². The second-order valence-electron chi connectivity index (χ2n) is 6.80. The van der Waals surface area contributed by atoms with Gasteiger partial charge < -0.3 is 10.6 Å². The van der Waals surface area contributed by atoms with Crippen LogP contribution < -0.4 is 10.6 Å². The van der Waals surface area contributed by atoms with Gasteiger partial charge >= 0.3 is 0 Å². The smallest absolute Gasteiger partial charge is 0.128 e. The van der Waals surface area contributed by atoms with Crippen molar-refractivity contribution in [3.8, 4) is 0 Å². The molecular weight excluding hydrogens is 263 g/mol. The van der Waals surface area contributed by atoms with Crippen molar-refractivity contribution in [2.24, 2.45) is 17.6 Å². The van der Waals surface area contributed by atoms with Crippen LogP contribution in [0.15, 0.2) is 18.2 Å². The standard InChI is InChI=1S/C18H31FN2/c1-6-15(20)10-16-17(19)8-7-9-18(16)21(11-13(2)3)12-14(4)5/h7-9,13-15H,6,10-12,20H2,1-5H3. The van der Waals surface area contributed by atoms with Crippen molar-refractivity contribution in [2.75, 3.05) is 18.0 Å². The van der Waals surface area contributed by atoms with Crippen LogP contribution in [0, 0.1) is 17.7 Å². The van der Waals surface area contributed by atoms with Crippen LogP contribution in [0.1, 0.15) is 46.6 Å². The summed E-state index contributed by atoms with van der Waals surface area (Å²) in [5, 5.41) is 0. The molecule has 120 valence electrons. The summed E-state index contributed by atoms with van der Waals surface area (Å²) in [6, 6.07) is 5.40. The zero-order chi connectivity index (χ0) is 16.0. The molecule has 0 saturated heterocycles. The van der Waals surface area contributed by atoms with E-state index in [1.165, 1.54) is 0 Å². The lowest BCUT2D eigenvalue weighted by Crippen LogP contribution is -2.33. The van der Waals surface area contributed by atoms with Gasteiger partial charge in [-0.15, -0.1) is 0 Å². The third kappa shape index (κ3) is 5.66. The Morgan fingerprint density at radius 2 is 1.67 bits per heavy atom. The normalized spacial score (nSPS) is 13.0. The van der Waals surface area contributed by atoms with Crippen molar-refractivity contribution in [3.05, 3.63) is 29.6 Å². The van der Waals surface area contributed by atoms with Crippen LogP contribution in [-0.2, 0) is 6.42 Å². The summed E-state index contributed by atoms with van der Waals surface area (Å²) >= 11 is 0. The number of rotatable bonds is 8. The van der Waals surface area contributed by atoms with Crippen molar-refractivity contribution in [3.63, 3.8) is 0 Å². The number of halogens is 1. The van der Waals surface area contributed by atoms with Crippen molar-refractivity contribution in [1.29, 1.82) is 0 Å². The van der Waals surface area contributed by atoms with Gasteiger partial charge in [-0.1, -0.05) is 40.7 Å². The summed E-state index contributed by atoms with van der Waals surface area (Å²) in [5.41, 5.74) is 7.85. The maximum atomic E-state index is 14.3. The number of nitrogens with two attached hydrogens (primary N) is 1. The summed E-state index contributed by atoms with van der Waals surface area (Å²) in [7, 11) is 0. The molecule has 0 radical (unpaired) electrons. The quantitative estimate of drug-likeness (QED) is 0.777. The summed E-state index contributed by atoms with van der Waals surface area (Å²) in [6.07, 6.45) is 1.47. The highest BCUT2D eigenvalue weighted by molar-refractivity contribution is 5.54. The Kier molecular flexibility index (Phi) is 7.16. The minimum atomic E-state index is -0.131. The van der Waals surface area contributed by atoms with Gasteiger partial charge in [0, 0.05) is 30.4 Å². The molecule has 1 aromatic rings. The number of hydrogen-bond acceptors (Lipinski definition) is 2. The molecule has 1 unspecified atom stereocenters. The van der Waals surface area contributed by atoms with E-state index >= 15 is 0 Å². The summed E-state index contributed by atoms with van der Waals surface area (Å²) < 4.78 is 14.3. The van der Waals surface area contributed by atoms with Gasteiger partial charge in [-0.05, 0) is 36.8 Å². The Labute approximate surface area is 129 Å². The molecule has 1 aromatic carbocycles. The maximum absolute atomic E-state index is 14.3. The molecule has 0 spiro atoms. The monoisotopic (exact) mass is 294 g/mol. The molecule has 0 heterocycles. The molecule has 0 amide bonds. The molecular formula is C18H31FN2. The fourth-order valence-electron chi connectivity index (χ4n) is 2.60. The fourth-order valence-corrected chi connectivity index (χ4v) is 2.60. The van der Waals surface area contributed by atoms with Gasteiger partial charge in [0.05, 0.1) is 0 Å². The van der Waals surface area contributed by atoms with E-state index in [0.717, 1.165) is 30.8 Å². The highest BCUT2D eigenvalue weighted by atomic mass is 19.1. The molecule has 0 saturated carbocycles. The van der Waals surface area contributed by atoms with Crippen LogP contribution in [0.25, 0.3) is 0 Å². The second-order valence-corrected chi connectivity index (χ2v) is 6.80. The van der Waals surface area contributed by atoms with Crippen molar-refractivity contribution < 1.29 is 4.39 Å². The molecule has 0 aliphatic heterocycles. The van der Waals surface area contributed by atoms with E-state index in [9.17, 15) is 4.39 Å². The van der Waals surface area contributed by atoms with E-state index in [1.807, 2.05) is 13.0 Å². The van der Waals surface area contributed by atoms with Crippen LogP contribution in [0.3, 0.4) is 0 Å². The van der Waals surface area contributed by atoms with Crippen molar-refractivity contribution in [1.82, 2.24) is 0 Å². The minimum Gasteiger partial charge on any atom is -0.371 e. The number of benzene rings is 1. The van der Waals surface area contributed by atoms with Crippen LogP contribution in [-0.4, -0.2) is 19.1 Å². The molecule has 2 N–H and O–H groups in total. The van der Waals surface area contributed by atoms with E-state index in [0.29, 0.717) is 18.3 Å². The van der Waals surface area contributed by atoms with Gasteiger partial charge in [0.1, 0.15) is 5.82 Å². The summed E-state index contributed by atoms with van der Waals surface area (Å²) in [4.78, 5) is 2.32. The molecule has 21 heavy (non-hydrogen) atoms. The molecule has 0 aromatic heterocycles. The zero-order valence-corrected chi connectivity index (χ0v) is 14.2. The van der Waals surface area contributed by atoms with E-state index < -0.39 is 0 Å². The Hall–Kier alpha value is -1.09. The Morgan fingerprint density at radius 1 is 1.10 bits per heavy atom. The third-order valence-electron chi connectivity index (χ3n) is 3.60. The van der Waals surface area contributed by atoms with Gasteiger partial charge in [0.15, 0.2) is 0 Å². The van der Waals surface area contributed by atoms with Crippen molar-refractivity contribution >= 4 is 5.69 Å². The number of nitrogens with zero attached hydrogens (tertiary/aromatic N) is 1. The number of anilines is 1. The SMILES string of the molecule is CCC(N)Cc1c(F)cccc1N(CC(C)C)CC(C)C. The minimum absolute atomic E-state index is 0.0144. The van der Waals surface area contributed by atoms with Gasteiger partial charge in [-0.2, -0.15) is 0 Å². The number of hydrogen-bond donors (Lipinski definition) is 1. The Morgan fingerprint density at radius 3 is 2.14 bits per heavy atom. The van der Waals surface area contributed by atoms with Crippen LogP contribution in [0.4, 0.5) is 10.1 Å². The van der Waals surface area contributed by atoms with E-state index in [2.05, 4.69) is 32.6 Å². The predicted molar refractivity (Wildman–Crippen MR) is 90.3 cm³/mol. The van der Waals surface area contributed by atoms with E-state index in [4.69, 9.17) is 5.73 Å². The zero-order valence-electron chi connectivity index (χ0n) is 14.2. The average molecular weight is 294 g/mol. The largest absolute Gasteiger partial charge is 0.371 e. The molecule has 2 nitrogen and oxygen atoms in total. The lowest BCUT2D eigenvalue weighted by molar-refractivity contribution is 0.541. The molecule has 0 aliphatic rings. The summed E-state index contributed by atoms with van der Waals surface area (Å²) in [5.74, 6) is 0.952. The topological polar surface area (TPSA) is 29.3 Å². The van der Waals surface area contributed by atoms with E-state index in [1.54, 1.807) is 12.1 Å². The second kappa shape index (κ2) is 8.38. The van der Waals surface area contributed by atoms with Crippen LogP contribution >= 0.6 is 0 Å². The molecule has 1 rings (SSSR count). The first-order valence-corrected chi connectivity index (χ1v) is 8.13. The summed E-state index contributed by atoms with van der Waals surface area (Å²) in [6.45, 7) is 12.7. The van der Waals surface area contributed by atoms with Gasteiger partial charge in [-0.25, -0.2) is 4.39 Å². The average Bonchev–Trinajstić information content (AvgIpc) is 2.39. The highest BCUT2D eigenvalue weighted by Crippen LogP contribution is 2.26. The molecule has 1 atom stereocenters. The van der Waals surface area contributed by atoms with Gasteiger partial charge in [0.25, 0.3) is 0 Å². The first-order chi connectivity index (χ1) is 9.85. The fraction of sp³-hybridized carbons (Fsp3) is 0.667. The third-order valence-corrected chi connectivity index (χ3v) is 3.60. The lowest BCUT2D eigenvalue weighted by atomic mass is 10.00. The van der Waals surface area contributed by atoms with Gasteiger partial charge in [0.2, 0.25) is 0 Å². The Balaban J connectivity index is 3.13. The predicted octanol–water partition coefficient (Wildman–Crippen LogP) is 4.22. The first kappa shape index (κ1) is 18.0. The van der Waals surface area contributed by atoms with Crippen LogP contribution in [0.2, 0.25) is 0 Å². The highest BCUT2D eigenvalue weighted by Gasteiger charge is 2.18. The van der Waals surface area contributed by atoms with Gasteiger partial charge in [-0.3, -0.25) is 0 Å². The first-order valence-electron chi connectivity index (χ1n) is 8.13. The van der Waals surface area contributed by atoms with Crippen molar-refractivity contribution in [2.45, 2.75) is 53.5 Å².